The molecular weight excluding hydrogens is 314 g/mol. The lowest BCUT2D eigenvalue weighted by Gasteiger charge is -2.01. The fraction of sp³-hybridized carbons (Fsp3) is 0.333. The zero-order valence-corrected chi connectivity index (χ0v) is 13.1. The van der Waals surface area contributed by atoms with Crippen LogP contribution in [0.4, 0.5) is 4.39 Å². The normalized spacial score (nSPS) is 22.9. The average molecular weight is 329 g/mol. The first-order valence-corrected chi connectivity index (χ1v) is 7.20. The highest BCUT2D eigenvalue weighted by atomic mass is 35.5. The summed E-state index contributed by atoms with van der Waals surface area (Å²) >= 11 is 11.3. The van der Waals surface area contributed by atoms with Crippen molar-refractivity contribution in [2.24, 2.45) is 22.4 Å². The fourth-order valence-corrected chi connectivity index (χ4v) is 2.71. The van der Waals surface area contributed by atoms with Crippen LogP contribution in [0.5, 0.6) is 0 Å². The Hall–Kier alpha value is -1.39. The van der Waals surface area contributed by atoms with E-state index in [1.165, 1.54) is 12.3 Å². The summed E-state index contributed by atoms with van der Waals surface area (Å²) in [6.45, 7) is 3.91. The number of carbonyl (C=O) groups is 1. The first kappa shape index (κ1) is 16.0. The van der Waals surface area contributed by atoms with Crippen molar-refractivity contribution in [1.82, 2.24) is 5.43 Å². The van der Waals surface area contributed by atoms with Gasteiger partial charge in [0, 0.05) is 5.56 Å². The van der Waals surface area contributed by atoms with Crippen LogP contribution < -0.4 is 5.43 Å². The number of rotatable bonds is 4. The van der Waals surface area contributed by atoms with Gasteiger partial charge in [0.25, 0.3) is 0 Å². The lowest BCUT2D eigenvalue weighted by atomic mass is 10.1. The summed E-state index contributed by atoms with van der Waals surface area (Å²) in [5, 5.41) is 3.79. The highest BCUT2D eigenvalue weighted by Gasteiger charge is 2.60. The minimum Gasteiger partial charge on any atom is -0.273 e. The number of hydrazone groups is 1. The molecule has 2 rings (SSSR count). The van der Waals surface area contributed by atoms with Gasteiger partial charge >= 0.3 is 0 Å². The molecule has 0 bridgehead atoms. The number of nitrogens with one attached hydrogen (secondary N) is 1. The van der Waals surface area contributed by atoms with Crippen LogP contribution in [-0.2, 0) is 4.79 Å². The van der Waals surface area contributed by atoms with Crippen LogP contribution in [0.3, 0.4) is 0 Å². The van der Waals surface area contributed by atoms with Gasteiger partial charge in [0.15, 0.2) is 0 Å². The van der Waals surface area contributed by atoms with E-state index in [0.717, 1.165) is 0 Å². The zero-order chi connectivity index (χ0) is 15.6. The lowest BCUT2D eigenvalue weighted by molar-refractivity contribution is -0.123. The molecule has 0 unspecified atom stereocenters. The third-order valence-electron chi connectivity index (χ3n) is 3.78. The molecule has 0 saturated heterocycles. The zero-order valence-electron chi connectivity index (χ0n) is 11.6. The monoisotopic (exact) mass is 328 g/mol. The molecule has 112 valence electrons. The molecule has 0 aliphatic heterocycles. The number of allylic oxidation sites excluding steroid dienone is 1. The Balaban J connectivity index is 1.97. The van der Waals surface area contributed by atoms with Crippen LogP contribution in [0, 0.1) is 23.1 Å². The third kappa shape index (κ3) is 3.63. The second-order valence-electron chi connectivity index (χ2n) is 5.54. The molecule has 1 aromatic rings. The fourth-order valence-electron chi connectivity index (χ4n) is 2.44. The molecule has 0 heterocycles. The number of hydrogen-bond donors (Lipinski definition) is 1. The predicted molar refractivity (Wildman–Crippen MR) is 82.7 cm³/mol. The van der Waals surface area contributed by atoms with Gasteiger partial charge < -0.3 is 0 Å². The summed E-state index contributed by atoms with van der Waals surface area (Å²) in [5.41, 5.74) is 2.52. The van der Waals surface area contributed by atoms with Crippen LogP contribution in [0.25, 0.3) is 0 Å². The van der Waals surface area contributed by atoms with Crippen LogP contribution in [0.2, 0.25) is 0 Å². The SMILES string of the molecule is CC1(C)[C@@H](C=C(Cl)Cl)[C@@H]1C(=O)N/N=C\c1ccccc1F. The maximum absolute atomic E-state index is 13.4. The van der Waals surface area contributed by atoms with E-state index in [9.17, 15) is 9.18 Å². The van der Waals surface area contributed by atoms with Crippen molar-refractivity contribution in [2.45, 2.75) is 13.8 Å². The van der Waals surface area contributed by atoms with Crippen molar-refractivity contribution in [3.8, 4) is 0 Å². The number of hydrogen-bond acceptors (Lipinski definition) is 2. The highest BCUT2D eigenvalue weighted by molar-refractivity contribution is 6.55. The molecule has 0 spiro atoms. The molecule has 1 fully saturated rings. The van der Waals surface area contributed by atoms with Crippen molar-refractivity contribution in [3.05, 3.63) is 46.2 Å². The van der Waals surface area contributed by atoms with Crippen LogP contribution >= 0.6 is 23.2 Å². The van der Waals surface area contributed by atoms with Gasteiger partial charge in [-0.05, 0) is 23.5 Å². The van der Waals surface area contributed by atoms with Gasteiger partial charge in [-0.25, -0.2) is 9.82 Å². The summed E-state index contributed by atoms with van der Waals surface area (Å²) in [4.78, 5) is 12.1. The summed E-state index contributed by atoms with van der Waals surface area (Å²) in [7, 11) is 0. The molecule has 21 heavy (non-hydrogen) atoms. The van der Waals surface area contributed by atoms with E-state index in [1.54, 1.807) is 24.3 Å². The Bertz CT molecular complexity index is 609. The molecule has 0 aromatic heterocycles. The minimum absolute atomic E-state index is 0.0221. The Morgan fingerprint density at radius 2 is 2.05 bits per heavy atom. The molecule has 1 aromatic carbocycles. The van der Waals surface area contributed by atoms with Gasteiger partial charge in [0.2, 0.25) is 5.91 Å². The molecule has 1 saturated carbocycles. The molecule has 2 atom stereocenters. The lowest BCUT2D eigenvalue weighted by Crippen LogP contribution is -2.22. The molecule has 6 heteroatoms. The van der Waals surface area contributed by atoms with Gasteiger partial charge in [-0.3, -0.25) is 4.79 Å². The topological polar surface area (TPSA) is 41.5 Å². The van der Waals surface area contributed by atoms with Crippen molar-refractivity contribution >= 4 is 35.3 Å². The van der Waals surface area contributed by atoms with E-state index in [1.807, 2.05) is 13.8 Å². The van der Waals surface area contributed by atoms with Crippen molar-refractivity contribution < 1.29 is 9.18 Å². The number of amides is 1. The van der Waals surface area contributed by atoms with Crippen LogP contribution in [0.15, 0.2) is 39.9 Å². The molecule has 1 aliphatic rings. The van der Waals surface area contributed by atoms with E-state index >= 15 is 0 Å². The molecule has 1 N–H and O–H groups in total. The van der Waals surface area contributed by atoms with Crippen molar-refractivity contribution in [3.63, 3.8) is 0 Å². The van der Waals surface area contributed by atoms with Crippen LogP contribution in [0.1, 0.15) is 19.4 Å². The predicted octanol–water partition coefficient (Wildman–Crippen LogP) is 3.87. The Kier molecular flexibility index (Phi) is 4.69. The van der Waals surface area contributed by atoms with Gasteiger partial charge in [-0.1, -0.05) is 55.2 Å². The largest absolute Gasteiger partial charge is 0.273 e. The number of carbonyl (C=O) groups excluding carboxylic acids is 1. The smallest absolute Gasteiger partial charge is 0.244 e. The van der Waals surface area contributed by atoms with Crippen LogP contribution in [-0.4, -0.2) is 12.1 Å². The molecule has 1 aliphatic carbocycles. The first-order valence-electron chi connectivity index (χ1n) is 6.44. The average Bonchev–Trinajstić information content (AvgIpc) is 2.92. The quantitative estimate of drug-likeness (QED) is 0.661. The Morgan fingerprint density at radius 3 is 2.67 bits per heavy atom. The van der Waals surface area contributed by atoms with E-state index in [2.05, 4.69) is 10.5 Å². The van der Waals surface area contributed by atoms with E-state index < -0.39 is 5.82 Å². The van der Waals surface area contributed by atoms with Gasteiger partial charge in [-0.2, -0.15) is 5.10 Å². The number of benzene rings is 1. The van der Waals surface area contributed by atoms with Gasteiger partial charge in [-0.15, -0.1) is 0 Å². The standard InChI is InChI=1S/C15H15Cl2FN2O/c1-15(2)10(7-12(16)17)13(15)14(21)20-19-8-9-5-3-4-6-11(9)18/h3-8,10,13H,1-2H3,(H,20,21)/b19-8-/t10-,13+/m0/s1. The first-order chi connectivity index (χ1) is 9.84. The maximum atomic E-state index is 13.4. The highest BCUT2D eigenvalue weighted by Crippen LogP contribution is 2.59. The maximum Gasteiger partial charge on any atom is 0.244 e. The van der Waals surface area contributed by atoms with Gasteiger partial charge in [0.05, 0.1) is 12.1 Å². The van der Waals surface area contributed by atoms with Gasteiger partial charge in [0.1, 0.15) is 10.3 Å². The van der Waals surface area contributed by atoms with Crippen molar-refractivity contribution in [1.29, 1.82) is 0 Å². The van der Waals surface area contributed by atoms with E-state index in [-0.39, 0.29) is 27.6 Å². The Morgan fingerprint density at radius 1 is 1.38 bits per heavy atom. The summed E-state index contributed by atoms with van der Waals surface area (Å²) in [6, 6.07) is 6.19. The Labute approximate surface area is 132 Å². The van der Waals surface area contributed by atoms with E-state index in [4.69, 9.17) is 23.2 Å². The third-order valence-corrected chi connectivity index (χ3v) is 4.03. The van der Waals surface area contributed by atoms with E-state index in [0.29, 0.717) is 5.56 Å². The number of nitrogens with zero attached hydrogens (tertiary/aromatic N) is 1. The number of halogens is 3. The molecular formula is C15H15Cl2FN2O. The molecule has 3 nitrogen and oxygen atoms in total. The molecule has 1 amide bonds. The summed E-state index contributed by atoms with van der Waals surface area (Å²) < 4.78 is 13.5. The second-order valence-corrected chi connectivity index (χ2v) is 6.54. The summed E-state index contributed by atoms with van der Waals surface area (Å²) in [6.07, 6.45) is 2.94. The summed E-state index contributed by atoms with van der Waals surface area (Å²) in [5.74, 6) is -0.894. The van der Waals surface area contributed by atoms with Crippen molar-refractivity contribution in [2.75, 3.05) is 0 Å². The molecule has 0 radical (unpaired) electrons. The second kappa shape index (κ2) is 6.16. The minimum atomic E-state index is -0.392.